The Morgan fingerprint density at radius 1 is 0.479 bits per heavy atom. The highest BCUT2D eigenvalue weighted by molar-refractivity contribution is 5.86. The largest absolute Gasteiger partial charge is 0.463 e. The van der Waals surface area contributed by atoms with Gasteiger partial charge in [-0.1, -0.05) is 20.8 Å². The van der Waals surface area contributed by atoms with Gasteiger partial charge in [0.2, 0.25) is 5.91 Å². The second-order valence-corrected chi connectivity index (χ2v) is 10.8. The number of esters is 2. The second-order valence-electron chi connectivity index (χ2n) is 10.8. The Morgan fingerprint density at radius 3 is 1.31 bits per heavy atom. The lowest BCUT2D eigenvalue weighted by atomic mass is 9.88. The van der Waals surface area contributed by atoms with E-state index in [4.69, 9.17) is 43.6 Å². The Labute approximate surface area is 281 Å². The van der Waals surface area contributed by atoms with Gasteiger partial charge < -0.3 is 59.6 Å². The summed E-state index contributed by atoms with van der Waals surface area (Å²) in [5.41, 5.74) is 4.78. The van der Waals surface area contributed by atoms with Crippen molar-refractivity contribution in [2.75, 3.05) is 105 Å². The number of hydrogen-bond donors (Lipinski definition) is 4. The molecule has 0 radical (unpaired) electrons. The number of carbonyl (C=O) groups excluding carboxylic acids is 6. The van der Waals surface area contributed by atoms with Crippen LogP contribution in [-0.2, 0) is 57.1 Å². The minimum atomic E-state index is -0.653. The highest BCUT2D eigenvalue weighted by atomic mass is 16.6. The van der Waals surface area contributed by atoms with Crippen LogP contribution in [0, 0.1) is 5.41 Å². The van der Waals surface area contributed by atoms with Gasteiger partial charge in [0.25, 0.3) is 0 Å². The number of ether oxygens (including phenoxy) is 8. The van der Waals surface area contributed by atoms with Gasteiger partial charge in [-0.05, 0) is 0 Å². The predicted octanol–water partition coefficient (Wildman–Crippen LogP) is -0.158. The molecule has 0 rings (SSSR count). The first kappa shape index (κ1) is 44.4. The summed E-state index contributed by atoms with van der Waals surface area (Å²) in [4.78, 5) is 70.2. The van der Waals surface area contributed by atoms with E-state index < -0.39 is 29.5 Å². The van der Waals surface area contributed by atoms with Crippen molar-refractivity contribution in [3.05, 3.63) is 0 Å². The first-order valence-electron chi connectivity index (χ1n) is 15.9. The zero-order valence-corrected chi connectivity index (χ0v) is 28.4. The molecule has 0 aliphatic heterocycles. The summed E-state index contributed by atoms with van der Waals surface area (Å²) in [5.74, 6) is -1.37. The molecule has 0 aromatic carbocycles. The molecule has 3 amide bonds. The topological polar surface area (TPSA) is 238 Å². The number of Topliss-reactive ketones (excluding diaryl/α,β-unsaturated/α-hetero) is 1. The lowest BCUT2D eigenvalue weighted by Crippen LogP contribution is -2.30. The predicted molar refractivity (Wildman–Crippen MR) is 169 cm³/mol. The van der Waals surface area contributed by atoms with Crippen molar-refractivity contribution in [2.45, 2.75) is 46.5 Å². The van der Waals surface area contributed by atoms with Crippen LogP contribution < -0.4 is 21.7 Å². The summed E-state index contributed by atoms with van der Waals surface area (Å²) in [6.45, 7) is 8.17. The molecule has 0 bridgehead atoms. The van der Waals surface area contributed by atoms with E-state index in [1.807, 2.05) is 0 Å². The van der Waals surface area contributed by atoms with Gasteiger partial charge in [-0.25, -0.2) is 9.59 Å². The Morgan fingerprint density at radius 2 is 0.875 bits per heavy atom. The van der Waals surface area contributed by atoms with Crippen molar-refractivity contribution in [3.63, 3.8) is 0 Å². The molecule has 0 unspecified atom stereocenters. The van der Waals surface area contributed by atoms with Crippen molar-refractivity contribution in [2.24, 2.45) is 11.1 Å². The molecule has 18 nitrogen and oxygen atoms in total. The molecule has 0 saturated heterocycles. The molecule has 0 aromatic rings. The Balaban J connectivity index is 3.52. The third-order valence-corrected chi connectivity index (χ3v) is 5.71. The van der Waals surface area contributed by atoms with Gasteiger partial charge in [-0.2, -0.15) is 0 Å². The van der Waals surface area contributed by atoms with E-state index in [1.165, 1.54) is 0 Å². The molecule has 5 N–H and O–H groups in total. The van der Waals surface area contributed by atoms with E-state index in [0.29, 0.717) is 13.2 Å². The molecule has 0 heterocycles. The summed E-state index contributed by atoms with van der Waals surface area (Å²) < 4.78 is 40.7. The number of carbonyl (C=O) groups is 6. The van der Waals surface area contributed by atoms with Gasteiger partial charge in [0.05, 0.1) is 65.7 Å². The van der Waals surface area contributed by atoms with Gasteiger partial charge >= 0.3 is 24.1 Å². The summed E-state index contributed by atoms with van der Waals surface area (Å²) in [7, 11) is 0. The maximum absolute atomic E-state index is 11.9. The zero-order chi connectivity index (χ0) is 35.9. The molecule has 0 spiro atoms. The van der Waals surface area contributed by atoms with Crippen LogP contribution in [0.1, 0.15) is 46.5 Å². The standard InChI is InChI=1S/C30H54N4O14/c1-30(2,3)24(35)4-6-26(37)45-20-16-43-14-11-34-29(40)48-23-19-42-13-9-32-25(36)5-7-27(38)46-21-17-44-15-10-33-28(39)47-22-18-41-12-8-31/h4-23,31H2,1-3H3,(H,32,36)(H,33,39)(H,34,40). The molecule has 0 aromatic heterocycles. The Kier molecular flexibility index (Phi) is 27.3. The van der Waals surface area contributed by atoms with E-state index >= 15 is 0 Å². The number of alkyl carbamates (subject to hydrolysis) is 2. The molecule has 0 saturated carbocycles. The normalized spacial score (nSPS) is 10.9. The van der Waals surface area contributed by atoms with Gasteiger partial charge in [-0.15, -0.1) is 0 Å². The van der Waals surface area contributed by atoms with Gasteiger partial charge in [-0.3, -0.25) is 19.2 Å². The number of amides is 3. The molecule has 0 aliphatic carbocycles. The van der Waals surface area contributed by atoms with E-state index in [9.17, 15) is 28.8 Å². The van der Waals surface area contributed by atoms with Crippen molar-refractivity contribution >= 4 is 35.8 Å². The molecule has 0 atom stereocenters. The summed E-state index contributed by atoms with van der Waals surface area (Å²) in [5, 5.41) is 7.59. The summed E-state index contributed by atoms with van der Waals surface area (Å²) in [6.07, 6.45) is -1.25. The number of nitrogens with one attached hydrogen (secondary N) is 3. The lowest BCUT2D eigenvalue weighted by molar-refractivity contribution is -0.147. The third kappa shape index (κ3) is 29.8. The average molecular weight is 695 g/mol. The first-order chi connectivity index (χ1) is 23.0. The van der Waals surface area contributed by atoms with Crippen LogP contribution >= 0.6 is 0 Å². The first-order valence-corrected chi connectivity index (χ1v) is 15.9. The van der Waals surface area contributed by atoms with E-state index in [1.54, 1.807) is 20.8 Å². The zero-order valence-electron chi connectivity index (χ0n) is 28.4. The van der Waals surface area contributed by atoms with E-state index in [-0.39, 0.29) is 130 Å². The maximum Gasteiger partial charge on any atom is 0.407 e. The number of hydrogen-bond acceptors (Lipinski definition) is 15. The third-order valence-electron chi connectivity index (χ3n) is 5.71. The average Bonchev–Trinajstić information content (AvgIpc) is 3.04. The van der Waals surface area contributed by atoms with Crippen LogP contribution in [0.4, 0.5) is 9.59 Å². The minimum Gasteiger partial charge on any atom is -0.463 e. The molecule has 18 heteroatoms. The van der Waals surface area contributed by atoms with Crippen LogP contribution in [0.3, 0.4) is 0 Å². The van der Waals surface area contributed by atoms with E-state index in [2.05, 4.69) is 16.0 Å². The molecule has 0 aliphatic rings. The van der Waals surface area contributed by atoms with Gasteiger partial charge in [0, 0.05) is 44.4 Å². The van der Waals surface area contributed by atoms with Crippen LogP contribution in [-0.4, -0.2) is 141 Å². The molecule has 48 heavy (non-hydrogen) atoms. The fraction of sp³-hybridized carbons (Fsp3) is 0.800. The van der Waals surface area contributed by atoms with Crippen molar-refractivity contribution < 1.29 is 66.7 Å². The fourth-order valence-electron chi connectivity index (χ4n) is 3.16. The number of ketones is 1. The minimum absolute atomic E-state index is 0.00128. The molecular weight excluding hydrogens is 640 g/mol. The van der Waals surface area contributed by atoms with Crippen molar-refractivity contribution in [1.82, 2.24) is 16.0 Å². The highest BCUT2D eigenvalue weighted by Crippen LogP contribution is 2.17. The lowest BCUT2D eigenvalue weighted by Gasteiger charge is -2.15. The van der Waals surface area contributed by atoms with Gasteiger partial charge in [0.15, 0.2) is 0 Å². The monoisotopic (exact) mass is 694 g/mol. The Bertz CT molecular complexity index is 930. The van der Waals surface area contributed by atoms with Crippen LogP contribution in [0.2, 0.25) is 0 Å². The van der Waals surface area contributed by atoms with Crippen LogP contribution in [0.15, 0.2) is 0 Å². The van der Waals surface area contributed by atoms with E-state index in [0.717, 1.165) is 0 Å². The number of nitrogens with two attached hydrogens (primary N) is 1. The molecule has 0 fully saturated rings. The molecular formula is C30H54N4O14. The second kappa shape index (κ2) is 29.6. The smallest absolute Gasteiger partial charge is 0.407 e. The Hall–Kier alpha value is -3.58. The van der Waals surface area contributed by atoms with Crippen LogP contribution in [0.25, 0.3) is 0 Å². The number of rotatable bonds is 29. The quantitative estimate of drug-likeness (QED) is 0.0452. The SMILES string of the molecule is CC(C)(C)C(=O)CCC(=O)OCCOCCNC(=O)OCCOCCNC(=O)CCC(=O)OCCOCCNC(=O)OCCOCCN. The summed E-state index contributed by atoms with van der Waals surface area (Å²) in [6, 6.07) is 0. The van der Waals surface area contributed by atoms with Crippen molar-refractivity contribution in [3.8, 4) is 0 Å². The summed E-state index contributed by atoms with van der Waals surface area (Å²) >= 11 is 0. The maximum atomic E-state index is 11.9. The highest BCUT2D eigenvalue weighted by Gasteiger charge is 2.21. The van der Waals surface area contributed by atoms with Crippen molar-refractivity contribution in [1.29, 1.82) is 0 Å². The molecule has 278 valence electrons. The van der Waals surface area contributed by atoms with Gasteiger partial charge in [0.1, 0.15) is 32.2 Å². The fourth-order valence-corrected chi connectivity index (χ4v) is 3.16. The van der Waals surface area contributed by atoms with Crippen LogP contribution in [0.5, 0.6) is 0 Å².